The summed E-state index contributed by atoms with van der Waals surface area (Å²) in [7, 11) is 0. The van der Waals surface area contributed by atoms with Crippen molar-refractivity contribution in [1.82, 2.24) is 9.38 Å². The second-order valence-corrected chi connectivity index (χ2v) is 4.41. The van der Waals surface area contributed by atoms with Crippen LogP contribution in [0.4, 0.5) is 11.5 Å². The summed E-state index contributed by atoms with van der Waals surface area (Å²) in [5, 5.41) is 10.7. The van der Waals surface area contributed by atoms with E-state index in [4.69, 9.17) is 5.73 Å². The van der Waals surface area contributed by atoms with E-state index in [1.807, 2.05) is 0 Å². The lowest BCUT2D eigenvalue weighted by atomic mass is 10.1. The van der Waals surface area contributed by atoms with Crippen LogP contribution in [-0.4, -0.2) is 14.3 Å². The van der Waals surface area contributed by atoms with E-state index in [0.29, 0.717) is 17.4 Å². The van der Waals surface area contributed by atoms with Gasteiger partial charge in [-0.1, -0.05) is 13.8 Å². The van der Waals surface area contributed by atoms with Gasteiger partial charge in [0.05, 0.1) is 16.8 Å². The van der Waals surface area contributed by atoms with E-state index in [2.05, 4.69) is 18.8 Å². The molecule has 2 aromatic heterocycles. The van der Waals surface area contributed by atoms with Gasteiger partial charge in [-0.2, -0.15) is 0 Å². The predicted octanol–water partition coefficient (Wildman–Crippen LogP) is 2.02. The highest BCUT2D eigenvalue weighted by Gasteiger charge is 2.14. The van der Waals surface area contributed by atoms with E-state index in [9.17, 15) is 10.1 Å². The molecule has 0 aromatic carbocycles. The third-order valence-corrected chi connectivity index (χ3v) is 2.55. The maximum absolute atomic E-state index is 10.7. The molecule has 0 fully saturated rings. The first-order valence-electron chi connectivity index (χ1n) is 5.40. The van der Waals surface area contributed by atoms with E-state index in [1.54, 1.807) is 10.5 Å². The van der Waals surface area contributed by atoms with E-state index >= 15 is 0 Å². The Hall–Kier alpha value is -2.11. The minimum Gasteiger partial charge on any atom is -0.382 e. The number of rotatable bonds is 3. The summed E-state index contributed by atoms with van der Waals surface area (Å²) in [6.07, 6.45) is 2.21. The van der Waals surface area contributed by atoms with E-state index in [1.165, 1.54) is 12.3 Å². The molecule has 0 aliphatic carbocycles. The van der Waals surface area contributed by atoms with Crippen molar-refractivity contribution in [2.75, 3.05) is 5.73 Å². The molecule has 0 saturated carbocycles. The summed E-state index contributed by atoms with van der Waals surface area (Å²) in [5.41, 5.74) is 7.34. The molecule has 0 atom stereocenters. The molecule has 0 aliphatic heterocycles. The van der Waals surface area contributed by atoms with Gasteiger partial charge < -0.3 is 5.73 Å². The number of fused-ring (bicyclic) bond motifs is 1. The largest absolute Gasteiger partial charge is 0.382 e. The van der Waals surface area contributed by atoms with Crippen LogP contribution in [0.2, 0.25) is 0 Å². The fourth-order valence-corrected chi connectivity index (χ4v) is 1.80. The quantitative estimate of drug-likeness (QED) is 0.650. The average Bonchev–Trinajstić information content (AvgIpc) is 2.54. The second-order valence-electron chi connectivity index (χ2n) is 4.41. The van der Waals surface area contributed by atoms with Crippen molar-refractivity contribution >= 4 is 17.2 Å². The highest BCUT2D eigenvalue weighted by Crippen LogP contribution is 2.21. The molecule has 0 radical (unpaired) electrons. The maximum atomic E-state index is 10.7. The second kappa shape index (κ2) is 4.04. The summed E-state index contributed by atoms with van der Waals surface area (Å²) in [6.45, 7) is 4.13. The third kappa shape index (κ3) is 2.06. The summed E-state index contributed by atoms with van der Waals surface area (Å²) in [6, 6.07) is 3.04. The van der Waals surface area contributed by atoms with Crippen molar-refractivity contribution in [3.05, 3.63) is 34.1 Å². The Morgan fingerprint density at radius 1 is 1.53 bits per heavy atom. The van der Waals surface area contributed by atoms with Crippen molar-refractivity contribution in [3.8, 4) is 0 Å². The van der Waals surface area contributed by atoms with Crippen molar-refractivity contribution in [2.45, 2.75) is 20.3 Å². The van der Waals surface area contributed by atoms with Gasteiger partial charge in [0.25, 0.3) is 5.69 Å². The first kappa shape index (κ1) is 11.4. The normalized spacial score (nSPS) is 11.2. The number of anilines is 1. The zero-order valence-electron chi connectivity index (χ0n) is 9.75. The number of imidazole rings is 1. The van der Waals surface area contributed by atoms with Crippen molar-refractivity contribution in [1.29, 1.82) is 0 Å². The smallest absolute Gasteiger partial charge is 0.286 e. The highest BCUT2D eigenvalue weighted by molar-refractivity contribution is 5.54. The van der Waals surface area contributed by atoms with Gasteiger partial charge in [0, 0.05) is 6.07 Å². The van der Waals surface area contributed by atoms with Crippen LogP contribution in [0, 0.1) is 16.0 Å². The molecule has 2 aromatic rings. The van der Waals surface area contributed by atoms with Crippen LogP contribution in [-0.2, 0) is 6.42 Å². The van der Waals surface area contributed by atoms with Crippen molar-refractivity contribution in [2.24, 2.45) is 5.92 Å². The van der Waals surface area contributed by atoms with Gasteiger partial charge in [0.2, 0.25) is 0 Å². The molecule has 0 saturated heterocycles. The fourth-order valence-electron chi connectivity index (χ4n) is 1.80. The standard InChI is InChI=1S/C11H14N4O2/c1-7(2)5-9-11(12)13-10-4-3-8(15(16)17)6-14(9)10/h3-4,6-7H,5,12H2,1-2H3. The first-order chi connectivity index (χ1) is 7.99. The summed E-state index contributed by atoms with van der Waals surface area (Å²) >= 11 is 0. The van der Waals surface area contributed by atoms with E-state index in [-0.39, 0.29) is 5.69 Å². The van der Waals surface area contributed by atoms with Gasteiger partial charge in [-0.25, -0.2) is 4.98 Å². The molecule has 2 rings (SSSR count). The van der Waals surface area contributed by atoms with Crippen LogP contribution in [0.5, 0.6) is 0 Å². The minimum absolute atomic E-state index is 0.0416. The zero-order chi connectivity index (χ0) is 12.6. The van der Waals surface area contributed by atoms with Gasteiger partial charge in [0.1, 0.15) is 11.5 Å². The van der Waals surface area contributed by atoms with Gasteiger partial charge in [0.15, 0.2) is 0 Å². The van der Waals surface area contributed by atoms with Gasteiger partial charge in [-0.15, -0.1) is 0 Å². The molecular formula is C11H14N4O2. The Morgan fingerprint density at radius 2 is 2.24 bits per heavy atom. The highest BCUT2D eigenvalue weighted by atomic mass is 16.6. The summed E-state index contributed by atoms with van der Waals surface area (Å²) < 4.78 is 1.70. The van der Waals surface area contributed by atoms with Gasteiger partial charge >= 0.3 is 0 Å². The molecule has 17 heavy (non-hydrogen) atoms. The number of hydrogen-bond donors (Lipinski definition) is 1. The number of nitrogens with two attached hydrogens (primary N) is 1. The van der Waals surface area contributed by atoms with E-state index in [0.717, 1.165) is 12.1 Å². The van der Waals surface area contributed by atoms with Crippen molar-refractivity contribution in [3.63, 3.8) is 0 Å². The summed E-state index contributed by atoms with van der Waals surface area (Å²) in [5.74, 6) is 0.857. The Kier molecular flexibility index (Phi) is 2.71. The van der Waals surface area contributed by atoms with Crippen LogP contribution in [0.15, 0.2) is 18.3 Å². The lowest BCUT2D eigenvalue weighted by molar-refractivity contribution is -0.385. The molecule has 6 nitrogen and oxygen atoms in total. The first-order valence-corrected chi connectivity index (χ1v) is 5.40. The third-order valence-electron chi connectivity index (χ3n) is 2.55. The lowest BCUT2D eigenvalue weighted by Crippen LogP contribution is -2.02. The SMILES string of the molecule is CC(C)Cc1c(N)nc2ccc([N+](=O)[O-])cn12. The maximum Gasteiger partial charge on any atom is 0.286 e. The Bertz CT molecular complexity index is 574. The summed E-state index contributed by atoms with van der Waals surface area (Å²) in [4.78, 5) is 14.5. The van der Waals surface area contributed by atoms with Crippen LogP contribution in [0.3, 0.4) is 0 Å². The molecule has 90 valence electrons. The molecular weight excluding hydrogens is 220 g/mol. The van der Waals surface area contributed by atoms with Crippen molar-refractivity contribution < 1.29 is 4.92 Å². The molecule has 6 heteroatoms. The van der Waals surface area contributed by atoms with Gasteiger partial charge in [-0.05, 0) is 18.4 Å². The minimum atomic E-state index is -0.422. The predicted molar refractivity (Wildman–Crippen MR) is 64.8 cm³/mol. The van der Waals surface area contributed by atoms with Crippen LogP contribution in [0.1, 0.15) is 19.5 Å². The molecule has 2 heterocycles. The van der Waals surface area contributed by atoms with Crippen LogP contribution >= 0.6 is 0 Å². The molecule has 0 bridgehead atoms. The lowest BCUT2D eigenvalue weighted by Gasteiger charge is -2.05. The fraction of sp³-hybridized carbons (Fsp3) is 0.364. The molecule has 0 unspecified atom stereocenters. The van der Waals surface area contributed by atoms with Gasteiger partial charge in [-0.3, -0.25) is 14.5 Å². The topological polar surface area (TPSA) is 86.5 Å². The number of nitro groups is 1. The number of nitrogens with zero attached hydrogens (tertiary/aromatic N) is 3. The van der Waals surface area contributed by atoms with E-state index < -0.39 is 4.92 Å². The van der Waals surface area contributed by atoms with Crippen LogP contribution < -0.4 is 5.73 Å². The average molecular weight is 234 g/mol. The zero-order valence-corrected chi connectivity index (χ0v) is 9.75. The molecule has 0 amide bonds. The Labute approximate surface area is 98.2 Å². The van der Waals surface area contributed by atoms with Crippen LogP contribution in [0.25, 0.3) is 5.65 Å². The number of aromatic nitrogens is 2. The number of nitrogen functional groups attached to an aromatic ring is 1. The molecule has 0 aliphatic rings. The molecule has 2 N–H and O–H groups in total. The monoisotopic (exact) mass is 234 g/mol. The Balaban J connectivity index is 2.60. The number of pyridine rings is 1. The number of hydrogen-bond acceptors (Lipinski definition) is 4. The Morgan fingerprint density at radius 3 is 2.82 bits per heavy atom. The molecule has 0 spiro atoms.